The van der Waals surface area contributed by atoms with Crippen LogP contribution in [0.4, 0.5) is 4.39 Å². The van der Waals surface area contributed by atoms with Crippen LogP contribution in [0.25, 0.3) is 11.0 Å². The Morgan fingerprint density at radius 3 is 2.74 bits per heavy atom. The highest BCUT2D eigenvalue weighted by atomic mass is 19.1. The minimum Gasteiger partial charge on any atom is -0.507 e. The number of hydrogen-bond donors (Lipinski definition) is 1. The molecule has 2 aromatic carbocycles. The SMILES string of the molecule is Oc1cccc2oc(COc3ccccc3F)cc12. The highest BCUT2D eigenvalue weighted by molar-refractivity contribution is 5.84. The molecule has 0 aliphatic carbocycles. The van der Waals surface area contributed by atoms with E-state index >= 15 is 0 Å². The van der Waals surface area contributed by atoms with Crippen molar-refractivity contribution in [1.29, 1.82) is 0 Å². The molecule has 0 aliphatic heterocycles. The van der Waals surface area contributed by atoms with Crippen molar-refractivity contribution in [2.45, 2.75) is 6.61 Å². The Kier molecular flexibility index (Phi) is 2.83. The van der Waals surface area contributed by atoms with Crippen LogP contribution in [0, 0.1) is 5.82 Å². The molecule has 0 atom stereocenters. The number of ether oxygens (including phenoxy) is 1. The van der Waals surface area contributed by atoms with Gasteiger partial charge in [-0.3, -0.25) is 0 Å². The normalized spacial score (nSPS) is 10.8. The van der Waals surface area contributed by atoms with E-state index in [2.05, 4.69) is 0 Å². The number of halogens is 1. The molecule has 1 aromatic heterocycles. The fourth-order valence-corrected chi connectivity index (χ4v) is 1.88. The first-order valence-electron chi connectivity index (χ1n) is 5.82. The van der Waals surface area contributed by atoms with Gasteiger partial charge in [-0.2, -0.15) is 0 Å². The fourth-order valence-electron chi connectivity index (χ4n) is 1.88. The summed E-state index contributed by atoms with van der Waals surface area (Å²) in [4.78, 5) is 0. The number of fused-ring (bicyclic) bond motifs is 1. The molecule has 0 amide bonds. The molecule has 0 saturated carbocycles. The zero-order valence-electron chi connectivity index (χ0n) is 9.97. The lowest BCUT2D eigenvalue weighted by Gasteiger charge is -2.04. The maximum absolute atomic E-state index is 13.4. The predicted molar refractivity (Wildman–Crippen MR) is 68.6 cm³/mol. The van der Waals surface area contributed by atoms with Crippen molar-refractivity contribution in [2.24, 2.45) is 0 Å². The molecule has 1 N–H and O–H groups in total. The Balaban J connectivity index is 1.83. The summed E-state index contributed by atoms with van der Waals surface area (Å²) in [6, 6.07) is 12.9. The maximum atomic E-state index is 13.4. The first kappa shape index (κ1) is 11.6. The molecule has 0 radical (unpaired) electrons. The van der Waals surface area contributed by atoms with Crippen LogP contribution in [0.1, 0.15) is 5.76 Å². The van der Waals surface area contributed by atoms with Crippen molar-refractivity contribution in [1.82, 2.24) is 0 Å². The molecule has 0 fully saturated rings. The summed E-state index contributed by atoms with van der Waals surface area (Å²) in [7, 11) is 0. The van der Waals surface area contributed by atoms with Crippen LogP contribution >= 0.6 is 0 Å². The third-order valence-corrected chi connectivity index (χ3v) is 2.80. The van der Waals surface area contributed by atoms with Gasteiger partial charge >= 0.3 is 0 Å². The van der Waals surface area contributed by atoms with Crippen LogP contribution in [-0.4, -0.2) is 5.11 Å². The van der Waals surface area contributed by atoms with Crippen molar-refractivity contribution in [3.8, 4) is 11.5 Å². The first-order chi connectivity index (χ1) is 9.24. The Morgan fingerprint density at radius 2 is 1.95 bits per heavy atom. The van der Waals surface area contributed by atoms with E-state index in [1.54, 1.807) is 42.5 Å². The van der Waals surface area contributed by atoms with Gasteiger partial charge in [-0.25, -0.2) is 4.39 Å². The van der Waals surface area contributed by atoms with Crippen molar-refractivity contribution < 1.29 is 18.7 Å². The second-order valence-electron chi connectivity index (χ2n) is 4.12. The highest BCUT2D eigenvalue weighted by Gasteiger charge is 2.08. The second-order valence-corrected chi connectivity index (χ2v) is 4.12. The summed E-state index contributed by atoms with van der Waals surface area (Å²) in [5.74, 6) is 0.437. The molecule has 1 heterocycles. The summed E-state index contributed by atoms with van der Waals surface area (Å²) in [6.45, 7) is 0.106. The average Bonchev–Trinajstić information content (AvgIpc) is 2.82. The van der Waals surface area contributed by atoms with Gasteiger partial charge in [-0.05, 0) is 30.3 Å². The molecule has 0 bridgehead atoms. The van der Waals surface area contributed by atoms with E-state index in [0.717, 1.165) is 0 Å². The van der Waals surface area contributed by atoms with Crippen molar-refractivity contribution in [3.05, 3.63) is 60.1 Å². The molecule has 3 rings (SSSR count). The lowest BCUT2D eigenvalue weighted by molar-refractivity contribution is 0.262. The van der Waals surface area contributed by atoms with Gasteiger partial charge in [0.25, 0.3) is 0 Å². The van der Waals surface area contributed by atoms with E-state index in [0.29, 0.717) is 16.7 Å². The maximum Gasteiger partial charge on any atom is 0.165 e. The van der Waals surface area contributed by atoms with Gasteiger partial charge < -0.3 is 14.3 Å². The lowest BCUT2D eigenvalue weighted by atomic mass is 10.2. The van der Waals surface area contributed by atoms with Crippen LogP contribution in [0.3, 0.4) is 0 Å². The largest absolute Gasteiger partial charge is 0.507 e. The molecule has 4 heteroatoms. The van der Waals surface area contributed by atoms with Gasteiger partial charge in [0.1, 0.15) is 23.7 Å². The Hall–Kier alpha value is -2.49. The van der Waals surface area contributed by atoms with Crippen molar-refractivity contribution >= 4 is 11.0 Å². The lowest BCUT2D eigenvalue weighted by Crippen LogP contribution is -1.95. The zero-order chi connectivity index (χ0) is 13.2. The number of para-hydroxylation sites is 1. The fraction of sp³-hybridized carbons (Fsp3) is 0.0667. The van der Waals surface area contributed by atoms with E-state index in [-0.39, 0.29) is 18.1 Å². The number of benzene rings is 2. The standard InChI is InChI=1S/C15H11FO3/c16-12-4-1-2-6-15(12)18-9-10-8-11-13(17)5-3-7-14(11)19-10/h1-8,17H,9H2. The summed E-state index contributed by atoms with van der Waals surface area (Å²) in [5.41, 5.74) is 0.576. The monoisotopic (exact) mass is 258 g/mol. The minimum atomic E-state index is -0.415. The minimum absolute atomic E-state index is 0.106. The summed E-state index contributed by atoms with van der Waals surface area (Å²) >= 11 is 0. The Bertz CT molecular complexity index is 718. The molecular weight excluding hydrogens is 247 g/mol. The van der Waals surface area contributed by atoms with Gasteiger partial charge in [0, 0.05) is 0 Å². The number of rotatable bonds is 3. The van der Waals surface area contributed by atoms with Crippen LogP contribution < -0.4 is 4.74 Å². The van der Waals surface area contributed by atoms with Crippen molar-refractivity contribution in [2.75, 3.05) is 0 Å². The van der Waals surface area contributed by atoms with E-state index in [1.165, 1.54) is 6.07 Å². The smallest absolute Gasteiger partial charge is 0.165 e. The summed E-state index contributed by atoms with van der Waals surface area (Å²) < 4.78 is 24.2. The number of furan rings is 1. The number of phenolic OH excluding ortho intramolecular Hbond substituents is 1. The van der Waals surface area contributed by atoms with E-state index < -0.39 is 5.82 Å². The molecule has 0 spiro atoms. The molecule has 0 saturated heterocycles. The molecule has 0 unspecified atom stereocenters. The predicted octanol–water partition coefficient (Wildman–Crippen LogP) is 3.86. The highest BCUT2D eigenvalue weighted by Crippen LogP contribution is 2.28. The Morgan fingerprint density at radius 1 is 1.11 bits per heavy atom. The third kappa shape index (κ3) is 2.25. The first-order valence-corrected chi connectivity index (χ1v) is 5.82. The van der Waals surface area contributed by atoms with Gasteiger partial charge in [0.2, 0.25) is 0 Å². The number of aromatic hydroxyl groups is 1. The third-order valence-electron chi connectivity index (χ3n) is 2.80. The number of phenols is 1. The molecule has 3 nitrogen and oxygen atoms in total. The molecule has 3 aromatic rings. The van der Waals surface area contributed by atoms with Crippen LogP contribution in [-0.2, 0) is 6.61 Å². The Labute approximate surface area is 108 Å². The quantitative estimate of drug-likeness (QED) is 0.775. The molecule has 0 aliphatic rings. The topological polar surface area (TPSA) is 42.6 Å². The molecule has 96 valence electrons. The van der Waals surface area contributed by atoms with Gasteiger partial charge in [0.15, 0.2) is 11.6 Å². The van der Waals surface area contributed by atoms with E-state index in [1.807, 2.05) is 0 Å². The van der Waals surface area contributed by atoms with Gasteiger partial charge in [0.05, 0.1) is 5.39 Å². The summed E-state index contributed by atoms with van der Waals surface area (Å²) in [6.07, 6.45) is 0. The van der Waals surface area contributed by atoms with Crippen LogP contribution in [0.2, 0.25) is 0 Å². The van der Waals surface area contributed by atoms with Crippen LogP contribution in [0.15, 0.2) is 52.9 Å². The molecular formula is C15H11FO3. The average molecular weight is 258 g/mol. The van der Waals surface area contributed by atoms with E-state index in [9.17, 15) is 9.50 Å². The number of hydrogen-bond acceptors (Lipinski definition) is 3. The second kappa shape index (κ2) is 4.65. The summed E-state index contributed by atoms with van der Waals surface area (Å²) in [5, 5.41) is 10.3. The molecule has 19 heavy (non-hydrogen) atoms. The van der Waals surface area contributed by atoms with Crippen molar-refractivity contribution in [3.63, 3.8) is 0 Å². The van der Waals surface area contributed by atoms with Gasteiger partial charge in [-0.15, -0.1) is 0 Å². The van der Waals surface area contributed by atoms with E-state index in [4.69, 9.17) is 9.15 Å². The van der Waals surface area contributed by atoms with Crippen LogP contribution in [0.5, 0.6) is 11.5 Å². The van der Waals surface area contributed by atoms with Gasteiger partial charge in [-0.1, -0.05) is 18.2 Å². The zero-order valence-corrected chi connectivity index (χ0v) is 9.97.